The monoisotopic (exact) mass is 413 g/mol. The van der Waals surface area contributed by atoms with Gasteiger partial charge in [-0.2, -0.15) is 20.1 Å². The number of nitrogens with zero attached hydrogens (tertiary/aromatic N) is 4. The molecule has 2 aromatic carbocycles. The van der Waals surface area contributed by atoms with Crippen LogP contribution in [0, 0.1) is 25.2 Å². The van der Waals surface area contributed by atoms with Gasteiger partial charge in [0.2, 0.25) is 0 Å². The summed E-state index contributed by atoms with van der Waals surface area (Å²) in [6.07, 6.45) is 1.53. The molecule has 0 aliphatic rings. The maximum atomic E-state index is 12.7. The van der Waals surface area contributed by atoms with Crippen LogP contribution in [0.4, 0.5) is 0 Å². The van der Waals surface area contributed by atoms with E-state index in [1.165, 1.54) is 18.7 Å². The molecule has 0 atom stereocenters. The SMILES string of the molecule is Cc1ccc(-n2nc(C(=O)N/N=C/c3ccc(C(C)C)cc3)c(C)c(C#N)c2=O)cc1. The molecular weight excluding hydrogens is 390 g/mol. The zero-order chi connectivity index (χ0) is 22.5. The van der Waals surface area contributed by atoms with E-state index in [1.807, 2.05) is 49.4 Å². The van der Waals surface area contributed by atoms with E-state index in [-0.39, 0.29) is 16.8 Å². The number of hydrogen-bond acceptors (Lipinski definition) is 5. The van der Waals surface area contributed by atoms with Crippen LogP contribution in [0.15, 0.2) is 58.4 Å². The number of aryl methyl sites for hydroxylation is 1. The summed E-state index contributed by atoms with van der Waals surface area (Å²) in [6, 6.07) is 16.8. The first-order chi connectivity index (χ1) is 14.8. The molecule has 0 radical (unpaired) electrons. The molecule has 0 bridgehead atoms. The summed E-state index contributed by atoms with van der Waals surface area (Å²) >= 11 is 0. The first-order valence-electron chi connectivity index (χ1n) is 9.86. The molecule has 0 aliphatic heterocycles. The molecule has 1 aromatic heterocycles. The third-order valence-corrected chi connectivity index (χ3v) is 4.92. The molecule has 0 fully saturated rings. The molecule has 0 unspecified atom stereocenters. The zero-order valence-corrected chi connectivity index (χ0v) is 17.9. The van der Waals surface area contributed by atoms with Crippen molar-refractivity contribution in [2.24, 2.45) is 5.10 Å². The summed E-state index contributed by atoms with van der Waals surface area (Å²) in [6.45, 7) is 7.67. The van der Waals surface area contributed by atoms with Crippen LogP contribution in [0.25, 0.3) is 5.69 Å². The van der Waals surface area contributed by atoms with Gasteiger partial charge in [-0.3, -0.25) is 9.59 Å². The first-order valence-corrected chi connectivity index (χ1v) is 9.86. The Kier molecular flexibility index (Phi) is 6.41. The Bertz CT molecular complexity index is 1230. The highest BCUT2D eigenvalue weighted by Crippen LogP contribution is 2.14. The number of rotatable bonds is 5. The summed E-state index contributed by atoms with van der Waals surface area (Å²) in [4.78, 5) is 25.4. The number of carbonyl (C=O) groups excluding carboxylic acids is 1. The molecule has 156 valence electrons. The van der Waals surface area contributed by atoms with Crippen LogP contribution in [0.3, 0.4) is 0 Å². The summed E-state index contributed by atoms with van der Waals surface area (Å²) in [5.74, 6) is -0.178. The molecule has 0 spiro atoms. The summed E-state index contributed by atoms with van der Waals surface area (Å²) < 4.78 is 1.06. The Balaban J connectivity index is 1.89. The number of aromatic nitrogens is 2. The van der Waals surface area contributed by atoms with Crippen LogP contribution in [-0.2, 0) is 0 Å². The van der Waals surface area contributed by atoms with E-state index in [2.05, 4.69) is 29.5 Å². The van der Waals surface area contributed by atoms with E-state index in [0.717, 1.165) is 15.8 Å². The highest BCUT2D eigenvalue weighted by Gasteiger charge is 2.20. The van der Waals surface area contributed by atoms with Gasteiger partial charge in [0, 0.05) is 5.56 Å². The van der Waals surface area contributed by atoms with Gasteiger partial charge in [0.15, 0.2) is 5.69 Å². The molecule has 0 saturated heterocycles. The van der Waals surface area contributed by atoms with Gasteiger partial charge in [0.25, 0.3) is 11.5 Å². The molecule has 0 saturated carbocycles. The second kappa shape index (κ2) is 9.18. The molecule has 1 amide bonds. The Morgan fingerprint density at radius 2 is 1.77 bits per heavy atom. The minimum atomic E-state index is -0.607. The molecule has 7 nitrogen and oxygen atoms in total. The van der Waals surface area contributed by atoms with Crippen molar-refractivity contribution in [1.82, 2.24) is 15.2 Å². The van der Waals surface area contributed by atoms with Gasteiger partial charge in [-0.25, -0.2) is 5.43 Å². The molecule has 1 heterocycles. The van der Waals surface area contributed by atoms with Crippen LogP contribution in [0.1, 0.15) is 58.1 Å². The lowest BCUT2D eigenvalue weighted by molar-refractivity contribution is 0.0947. The number of hydrazone groups is 1. The normalized spacial score (nSPS) is 11.0. The molecule has 1 N–H and O–H groups in total. The second-order valence-corrected chi connectivity index (χ2v) is 7.53. The Labute approximate surface area is 180 Å². The fraction of sp³-hybridized carbons (Fsp3) is 0.208. The average Bonchev–Trinajstić information content (AvgIpc) is 2.75. The minimum Gasteiger partial charge on any atom is -0.266 e. The van der Waals surface area contributed by atoms with Crippen LogP contribution < -0.4 is 11.0 Å². The first kappa shape index (κ1) is 21.7. The van der Waals surface area contributed by atoms with Gasteiger partial charge >= 0.3 is 0 Å². The van der Waals surface area contributed by atoms with Gasteiger partial charge in [-0.05, 0) is 43.0 Å². The van der Waals surface area contributed by atoms with Gasteiger partial charge in [-0.15, -0.1) is 0 Å². The Morgan fingerprint density at radius 1 is 1.13 bits per heavy atom. The summed E-state index contributed by atoms with van der Waals surface area (Å²) in [7, 11) is 0. The van der Waals surface area contributed by atoms with E-state index >= 15 is 0 Å². The predicted octanol–water partition coefficient (Wildman–Crippen LogP) is 3.61. The highest BCUT2D eigenvalue weighted by atomic mass is 16.2. The minimum absolute atomic E-state index is 0.0379. The molecule has 3 aromatic rings. The van der Waals surface area contributed by atoms with Crippen molar-refractivity contribution in [3.05, 3.63) is 92.4 Å². The smallest absolute Gasteiger partial charge is 0.266 e. The van der Waals surface area contributed by atoms with Crippen LogP contribution in [0.2, 0.25) is 0 Å². The second-order valence-electron chi connectivity index (χ2n) is 7.53. The molecule has 0 aliphatic carbocycles. The van der Waals surface area contributed by atoms with Crippen LogP contribution in [-0.4, -0.2) is 21.9 Å². The lowest BCUT2D eigenvalue weighted by Gasteiger charge is -2.10. The fourth-order valence-corrected chi connectivity index (χ4v) is 3.00. The molecule has 31 heavy (non-hydrogen) atoms. The van der Waals surface area contributed by atoms with Crippen molar-refractivity contribution < 1.29 is 4.79 Å². The maximum absolute atomic E-state index is 12.7. The topological polar surface area (TPSA) is 100 Å². The summed E-state index contributed by atoms with van der Waals surface area (Å²) in [5.41, 5.74) is 5.42. The molecule has 3 rings (SSSR count). The maximum Gasteiger partial charge on any atom is 0.292 e. The lowest BCUT2D eigenvalue weighted by Crippen LogP contribution is -2.31. The quantitative estimate of drug-likeness (QED) is 0.510. The fourth-order valence-electron chi connectivity index (χ4n) is 3.00. The third-order valence-electron chi connectivity index (χ3n) is 4.92. The van der Waals surface area contributed by atoms with E-state index in [1.54, 1.807) is 12.1 Å². The molecule has 7 heteroatoms. The number of nitrogens with one attached hydrogen (secondary N) is 1. The Hall–Kier alpha value is -4.05. The van der Waals surface area contributed by atoms with Crippen LogP contribution >= 0.6 is 0 Å². The highest BCUT2D eigenvalue weighted by molar-refractivity contribution is 5.94. The third kappa shape index (κ3) is 4.75. The van der Waals surface area contributed by atoms with Crippen LogP contribution in [0.5, 0.6) is 0 Å². The number of carbonyl (C=O) groups is 1. The van der Waals surface area contributed by atoms with Crippen molar-refractivity contribution in [3.63, 3.8) is 0 Å². The Morgan fingerprint density at radius 3 is 2.35 bits per heavy atom. The average molecular weight is 413 g/mol. The molecular formula is C24H23N5O2. The van der Waals surface area contributed by atoms with Crippen molar-refractivity contribution in [2.45, 2.75) is 33.6 Å². The number of nitriles is 1. The van der Waals surface area contributed by atoms with E-state index in [9.17, 15) is 14.9 Å². The number of benzene rings is 2. The number of hydrogen-bond donors (Lipinski definition) is 1. The van der Waals surface area contributed by atoms with Gasteiger partial charge in [0.1, 0.15) is 11.6 Å². The van der Waals surface area contributed by atoms with Crippen molar-refractivity contribution in [1.29, 1.82) is 5.26 Å². The van der Waals surface area contributed by atoms with Gasteiger partial charge < -0.3 is 0 Å². The standard InChI is InChI=1S/C24H23N5O2/c1-15(2)19-9-7-18(8-10-19)14-26-27-23(30)22-17(4)21(13-25)24(31)29(28-22)20-11-5-16(3)6-12-20/h5-12,14-15H,1-4H3,(H,27,30)/b26-14+. The van der Waals surface area contributed by atoms with Gasteiger partial charge in [-0.1, -0.05) is 55.8 Å². The summed E-state index contributed by atoms with van der Waals surface area (Å²) in [5, 5.41) is 17.6. The van der Waals surface area contributed by atoms with E-state index in [4.69, 9.17) is 0 Å². The largest absolute Gasteiger partial charge is 0.292 e. The van der Waals surface area contributed by atoms with Crippen molar-refractivity contribution >= 4 is 12.1 Å². The van der Waals surface area contributed by atoms with E-state index < -0.39 is 11.5 Å². The number of amides is 1. The van der Waals surface area contributed by atoms with Gasteiger partial charge in [0.05, 0.1) is 11.9 Å². The predicted molar refractivity (Wildman–Crippen MR) is 120 cm³/mol. The zero-order valence-electron chi connectivity index (χ0n) is 17.9. The van der Waals surface area contributed by atoms with Crippen molar-refractivity contribution in [2.75, 3.05) is 0 Å². The van der Waals surface area contributed by atoms with Crippen molar-refractivity contribution in [3.8, 4) is 11.8 Å². The lowest BCUT2D eigenvalue weighted by atomic mass is 10.0. The van der Waals surface area contributed by atoms with E-state index in [0.29, 0.717) is 11.6 Å².